The molecule has 0 bridgehead atoms. The van der Waals surface area contributed by atoms with E-state index in [0.717, 1.165) is 0 Å². The summed E-state index contributed by atoms with van der Waals surface area (Å²) in [5.41, 5.74) is 0. The molecule has 7 heteroatoms. The quantitative estimate of drug-likeness (QED) is 0.928. The fraction of sp³-hybridized carbons (Fsp3) is 0.769. The second-order valence-corrected chi connectivity index (χ2v) is 6.38. The molecular formula is C13H19F3N2OS. The molecule has 114 valence electrons. The number of hydrogen-bond acceptors (Lipinski definition) is 4. The number of nitrogens with zero attached hydrogens (tertiary/aromatic N) is 1. The zero-order valence-electron chi connectivity index (χ0n) is 11.9. The molecule has 0 radical (unpaired) electrons. The number of alkyl halides is 3. The zero-order chi connectivity index (χ0) is 15.1. The zero-order valence-corrected chi connectivity index (χ0v) is 12.7. The molecule has 0 aliphatic carbocycles. The van der Waals surface area contributed by atoms with E-state index in [0.29, 0.717) is 16.2 Å². The molecule has 20 heavy (non-hydrogen) atoms. The lowest BCUT2D eigenvalue weighted by Crippen LogP contribution is -2.32. The van der Waals surface area contributed by atoms with E-state index in [9.17, 15) is 13.2 Å². The number of aromatic nitrogens is 1. The lowest BCUT2D eigenvalue weighted by molar-refractivity contribution is -0.137. The number of nitrogens with one attached hydrogen (secondary N) is 1. The van der Waals surface area contributed by atoms with Gasteiger partial charge in [-0.05, 0) is 26.8 Å². The smallest absolute Gasteiger partial charge is 0.375 e. The number of ether oxygens (including phenoxy) is 1. The minimum Gasteiger partial charge on any atom is -0.375 e. The maximum absolute atomic E-state index is 12.7. The first-order chi connectivity index (χ1) is 9.25. The second-order valence-electron chi connectivity index (χ2n) is 5.31. The van der Waals surface area contributed by atoms with Crippen LogP contribution in [0.25, 0.3) is 0 Å². The van der Waals surface area contributed by atoms with Crippen LogP contribution >= 0.6 is 11.3 Å². The molecule has 0 aromatic carbocycles. The normalized spacial score (nSPS) is 32.5. The Labute approximate surface area is 120 Å². The Morgan fingerprint density at radius 3 is 2.35 bits per heavy atom. The van der Waals surface area contributed by atoms with Crippen LogP contribution in [-0.4, -0.2) is 24.2 Å². The maximum Gasteiger partial charge on any atom is 0.443 e. The van der Waals surface area contributed by atoms with Crippen molar-refractivity contribution in [3.63, 3.8) is 0 Å². The van der Waals surface area contributed by atoms with Crippen molar-refractivity contribution in [3.05, 3.63) is 16.1 Å². The number of hydrogen-bond donors (Lipinski definition) is 1. The molecule has 5 unspecified atom stereocenters. The summed E-state index contributed by atoms with van der Waals surface area (Å²) in [4.78, 5) is 4.12. The second kappa shape index (κ2) is 5.61. The number of halogens is 3. The Bertz CT molecular complexity index is 463. The van der Waals surface area contributed by atoms with Crippen LogP contribution < -0.4 is 5.32 Å². The van der Waals surface area contributed by atoms with Crippen molar-refractivity contribution in [1.82, 2.24) is 10.3 Å². The van der Waals surface area contributed by atoms with Crippen LogP contribution in [-0.2, 0) is 10.9 Å². The van der Waals surface area contributed by atoms with Gasteiger partial charge in [0.25, 0.3) is 0 Å². The highest BCUT2D eigenvalue weighted by Crippen LogP contribution is 2.43. The van der Waals surface area contributed by atoms with Gasteiger partial charge in [0.15, 0.2) is 5.01 Å². The van der Waals surface area contributed by atoms with Crippen molar-refractivity contribution in [2.75, 3.05) is 7.05 Å². The van der Waals surface area contributed by atoms with Crippen LogP contribution in [0.1, 0.15) is 36.7 Å². The molecule has 3 nitrogen and oxygen atoms in total. The fourth-order valence-corrected chi connectivity index (χ4v) is 3.91. The van der Waals surface area contributed by atoms with E-state index in [1.54, 1.807) is 7.05 Å². The summed E-state index contributed by atoms with van der Waals surface area (Å²) in [6, 6.07) is -0.168. The standard InChI is InChI=1S/C13H19F3N2OS/c1-6-7(2)19-8(3)10(6)11(17-4)9-5-18-12(20-9)13(14,15)16/h5-8,10-11,17H,1-4H3. The van der Waals surface area contributed by atoms with Gasteiger partial charge >= 0.3 is 6.18 Å². The lowest BCUT2D eigenvalue weighted by Gasteiger charge is -2.27. The fourth-order valence-electron chi connectivity index (χ4n) is 2.95. The topological polar surface area (TPSA) is 34.2 Å². The molecule has 1 fully saturated rings. The molecule has 0 amide bonds. The van der Waals surface area contributed by atoms with E-state index in [2.05, 4.69) is 17.2 Å². The Hall–Kier alpha value is -0.660. The molecule has 0 saturated carbocycles. The van der Waals surface area contributed by atoms with E-state index < -0.39 is 11.2 Å². The summed E-state index contributed by atoms with van der Waals surface area (Å²) < 4.78 is 43.8. The summed E-state index contributed by atoms with van der Waals surface area (Å²) in [5.74, 6) is 0.412. The van der Waals surface area contributed by atoms with Crippen molar-refractivity contribution in [2.24, 2.45) is 11.8 Å². The highest BCUT2D eigenvalue weighted by atomic mass is 32.1. The Morgan fingerprint density at radius 1 is 1.30 bits per heavy atom. The maximum atomic E-state index is 12.7. The number of rotatable bonds is 3. The average Bonchev–Trinajstić information content (AvgIpc) is 2.91. The summed E-state index contributed by atoms with van der Waals surface area (Å²) >= 11 is 0.710. The van der Waals surface area contributed by atoms with Crippen LogP contribution in [0.4, 0.5) is 13.2 Å². The minimum atomic E-state index is -4.38. The van der Waals surface area contributed by atoms with Crippen LogP contribution in [0.5, 0.6) is 0 Å². The van der Waals surface area contributed by atoms with Crippen LogP contribution in [0.15, 0.2) is 6.20 Å². The van der Waals surface area contributed by atoms with Gasteiger partial charge in [-0.25, -0.2) is 4.98 Å². The summed E-state index contributed by atoms with van der Waals surface area (Å²) in [6.45, 7) is 6.05. The lowest BCUT2D eigenvalue weighted by atomic mass is 9.83. The Morgan fingerprint density at radius 2 is 1.95 bits per heavy atom. The van der Waals surface area contributed by atoms with Gasteiger partial charge in [-0.2, -0.15) is 13.2 Å². The van der Waals surface area contributed by atoms with Crippen molar-refractivity contribution >= 4 is 11.3 Å². The van der Waals surface area contributed by atoms with Gasteiger partial charge in [-0.3, -0.25) is 0 Å². The van der Waals surface area contributed by atoms with Gasteiger partial charge in [-0.1, -0.05) is 6.92 Å². The molecule has 2 heterocycles. The molecule has 5 atom stereocenters. The average molecular weight is 308 g/mol. The van der Waals surface area contributed by atoms with E-state index >= 15 is 0 Å². The molecular weight excluding hydrogens is 289 g/mol. The third kappa shape index (κ3) is 2.84. The van der Waals surface area contributed by atoms with Crippen LogP contribution in [0, 0.1) is 11.8 Å². The van der Waals surface area contributed by atoms with Gasteiger partial charge in [0.2, 0.25) is 0 Å². The first kappa shape index (κ1) is 15.7. The summed E-state index contributed by atoms with van der Waals surface area (Å²) in [6.07, 6.45) is -2.93. The summed E-state index contributed by atoms with van der Waals surface area (Å²) in [5, 5.41) is 2.34. The third-order valence-corrected chi connectivity index (χ3v) is 5.21. The van der Waals surface area contributed by atoms with Gasteiger partial charge in [0.1, 0.15) is 0 Å². The predicted octanol–water partition coefficient (Wildman–Crippen LogP) is 3.48. The molecule has 1 aromatic heterocycles. The highest BCUT2D eigenvalue weighted by molar-refractivity contribution is 7.11. The third-order valence-electron chi connectivity index (χ3n) is 4.09. The van der Waals surface area contributed by atoms with Crippen molar-refractivity contribution in [1.29, 1.82) is 0 Å². The van der Waals surface area contributed by atoms with Crippen molar-refractivity contribution in [2.45, 2.75) is 45.2 Å². The van der Waals surface area contributed by atoms with E-state index in [-0.39, 0.29) is 30.1 Å². The molecule has 1 saturated heterocycles. The molecule has 1 aliphatic rings. The SMILES string of the molecule is CNC(c1cnc(C(F)(F)F)s1)C1C(C)OC(C)C1C. The molecule has 2 rings (SSSR count). The van der Waals surface area contributed by atoms with E-state index in [1.165, 1.54) is 6.20 Å². The molecule has 1 N–H and O–H groups in total. The van der Waals surface area contributed by atoms with E-state index in [4.69, 9.17) is 4.74 Å². The summed E-state index contributed by atoms with van der Waals surface area (Å²) in [7, 11) is 1.76. The first-order valence-corrected chi connectivity index (χ1v) is 7.43. The molecule has 1 aliphatic heterocycles. The first-order valence-electron chi connectivity index (χ1n) is 6.61. The van der Waals surface area contributed by atoms with Gasteiger partial charge < -0.3 is 10.1 Å². The van der Waals surface area contributed by atoms with Gasteiger partial charge in [0, 0.05) is 23.0 Å². The van der Waals surface area contributed by atoms with Crippen LogP contribution in [0.2, 0.25) is 0 Å². The van der Waals surface area contributed by atoms with Crippen molar-refractivity contribution in [3.8, 4) is 0 Å². The minimum absolute atomic E-state index is 0.00823. The van der Waals surface area contributed by atoms with E-state index in [1.807, 2.05) is 13.8 Å². The van der Waals surface area contributed by atoms with Crippen molar-refractivity contribution < 1.29 is 17.9 Å². The Kier molecular flexibility index (Phi) is 4.41. The monoisotopic (exact) mass is 308 g/mol. The Balaban J connectivity index is 2.26. The van der Waals surface area contributed by atoms with Crippen LogP contribution in [0.3, 0.4) is 0 Å². The number of thiazole rings is 1. The largest absolute Gasteiger partial charge is 0.443 e. The van der Waals surface area contributed by atoms with Gasteiger partial charge in [-0.15, -0.1) is 11.3 Å². The van der Waals surface area contributed by atoms with Gasteiger partial charge in [0.05, 0.1) is 12.2 Å². The molecule has 1 aromatic rings. The molecule has 0 spiro atoms. The highest BCUT2D eigenvalue weighted by Gasteiger charge is 2.43. The predicted molar refractivity (Wildman–Crippen MR) is 71.6 cm³/mol.